The van der Waals surface area contributed by atoms with Gasteiger partial charge in [0.25, 0.3) is 5.91 Å². The lowest BCUT2D eigenvalue weighted by Gasteiger charge is -2.16. The SMILES string of the molecule is O=C(O)NC(=O)[C@@H]1O[C@H](n2cnc3c(NCc4ccccc4)ncnc32)[C@@H](O)[C@H]1O. The first-order valence-corrected chi connectivity index (χ1v) is 8.96. The summed E-state index contributed by atoms with van der Waals surface area (Å²) in [7, 11) is 0. The van der Waals surface area contributed by atoms with E-state index in [0.29, 0.717) is 23.5 Å². The Bertz CT molecular complexity index is 1070. The maximum Gasteiger partial charge on any atom is 0.411 e. The summed E-state index contributed by atoms with van der Waals surface area (Å²) in [5.41, 5.74) is 1.74. The van der Waals surface area contributed by atoms with Gasteiger partial charge in [-0.15, -0.1) is 0 Å². The standard InChI is InChI=1S/C18H18N6O6/c25-11-12(26)17(30-13(11)16(27)23-18(28)29)24-8-22-10-14(20-7-21-15(10)24)19-6-9-4-2-1-3-5-9/h1-5,7-8,11-13,17,25-26H,6H2,(H,23,27)(H,28,29)(H,19,20,21)/t11-,12+,13-,17+/m1/s1. The van der Waals surface area contributed by atoms with Crippen molar-refractivity contribution in [1.29, 1.82) is 0 Å². The second-order valence-electron chi connectivity index (χ2n) is 6.61. The van der Waals surface area contributed by atoms with Crippen LogP contribution in [-0.2, 0) is 16.1 Å². The molecule has 1 aliphatic rings. The van der Waals surface area contributed by atoms with Gasteiger partial charge in [-0.1, -0.05) is 30.3 Å². The molecule has 5 N–H and O–H groups in total. The van der Waals surface area contributed by atoms with Gasteiger partial charge in [0.05, 0.1) is 6.33 Å². The molecule has 3 heterocycles. The minimum absolute atomic E-state index is 0.302. The predicted molar refractivity (Wildman–Crippen MR) is 101 cm³/mol. The van der Waals surface area contributed by atoms with E-state index in [2.05, 4.69) is 20.3 Å². The van der Waals surface area contributed by atoms with E-state index in [0.717, 1.165) is 5.56 Å². The van der Waals surface area contributed by atoms with Gasteiger partial charge >= 0.3 is 6.09 Å². The molecule has 4 rings (SSSR count). The normalized spacial score (nSPS) is 23.4. The van der Waals surface area contributed by atoms with Gasteiger partial charge in [-0.3, -0.25) is 14.7 Å². The van der Waals surface area contributed by atoms with Crippen LogP contribution in [0.3, 0.4) is 0 Å². The van der Waals surface area contributed by atoms with Gasteiger partial charge in [-0.25, -0.2) is 19.7 Å². The number of nitrogens with one attached hydrogen (secondary N) is 2. The first-order valence-electron chi connectivity index (χ1n) is 8.96. The van der Waals surface area contributed by atoms with Gasteiger partial charge < -0.3 is 25.4 Å². The summed E-state index contributed by atoms with van der Waals surface area (Å²) in [5, 5.41) is 33.9. The fourth-order valence-corrected chi connectivity index (χ4v) is 3.23. The largest absolute Gasteiger partial charge is 0.465 e. The lowest BCUT2D eigenvalue weighted by Crippen LogP contribution is -2.44. The van der Waals surface area contributed by atoms with E-state index in [1.54, 1.807) is 5.32 Å². The summed E-state index contributed by atoms with van der Waals surface area (Å²) in [5.74, 6) is -0.628. The maximum absolute atomic E-state index is 11.9. The second kappa shape index (κ2) is 8.02. The van der Waals surface area contributed by atoms with Crippen molar-refractivity contribution in [1.82, 2.24) is 24.8 Å². The Kier molecular flexibility index (Phi) is 5.27. The molecule has 156 valence electrons. The van der Waals surface area contributed by atoms with Gasteiger partial charge in [0, 0.05) is 6.54 Å². The van der Waals surface area contributed by atoms with Crippen LogP contribution >= 0.6 is 0 Å². The molecule has 30 heavy (non-hydrogen) atoms. The smallest absolute Gasteiger partial charge is 0.411 e. The molecule has 12 heteroatoms. The molecule has 1 aliphatic heterocycles. The van der Waals surface area contributed by atoms with Crippen molar-refractivity contribution < 1.29 is 29.6 Å². The van der Waals surface area contributed by atoms with E-state index in [1.807, 2.05) is 30.3 Å². The Morgan fingerprint density at radius 1 is 1.10 bits per heavy atom. The maximum atomic E-state index is 11.9. The number of hydrogen-bond acceptors (Lipinski definition) is 9. The minimum Gasteiger partial charge on any atom is -0.465 e. The number of imidazole rings is 1. The molecule has 3 aromatic rings. The van der Waals surface area contributed by atoms with Crippen LogP contribution in [0.15, 0.2) is 43.0 Å². The number of hydrogen-bond donors (Lipinski definition) is 5. The number of ether oxygens (including phenoxy) is 1. The number of nitrogens with zero attached hydrogens (tertiary/aromatic N) is 4. The Hall–Kier alpha value is -3.61. The van der Waals surface area contributed by atoms with Crippen molar-refractivity contribution in [3.63, 3.8) is 0 Å². The number of fused-ring (bicyclic) bond motifs is 1. The zero-order valence-electron chi connectivity index (χ0n) is 15.4. The zero-order valence-corrected chi connectivity index (χ0v) is 15.4. The fourth-order valence-electron chi connectivity index (χ4n) is 3.23. The summed E-state index contributed by atoms with van der Waals surface area (Å²) in [6.07, 6.45) is -4.87. The van der Waals surface area contributed by atoms with Crippen LogP contribution in [-0.4, -0.2) is 65.2 Å². The number of amides is 2. The molecule has 2 aromatic heterocycles. The Morgan fingerprint density at radius 3 is 2.60 bits per heavy atom. The average Bonchev–Trinajstić information content (AvgIpc) is 3.28. The van der Waals surface area contributed by atoms with Gasteiger partial charge in [0.2, 0.25) is 0 Å². The number of carbonyl (C=O) groups excluding carboxylic acids is 1. The third-order valence-corrected chi connectivity index (χ3v) is 4.66. The number of aliphatic hydroxyl groups is 2. The summed E-state index contributed by atoms with van der Waals surface area (Å²) in [4.78, 5) is 35.2. The van der Waals surface area contributed by atoms with E-state index in [-0.39, 0.29) is 0 Å². The number of carboxylic acid groups (broad SMARTS) is 1. The van der Waals surface area contributed by atoms with Crippen molar-refractivity contribution in [3.8, 4) is 0 Å². The number of imide groups is 1. The Morgan fingerprint density at radius 2 is 1.87 bits per heavy atom. The van der Waals surface area contributed by atoms with Crippen LogP contribution in [0.2, 0.25) is 0 Å². The van der Waals surface area contributed by atoms with E-state index in [4.69, 9.17) is 9.84 Å². The number of benzene rings is 1. The van der Waals surface area contributed by atoms with Crippen LogP contribution in [0, 0.1) is 0 Å². The number of carbonyl (C=O) groups is 2. The molecule has 4 atom stereocenters. The summed E-state index contributed by atoms with van der Waals surface area (Å²) >= 11 is 0. The topological polar surface area (TPSA) is 172 Å². The van der Waals surface area contributed by atoms with Gasteiger partial charge in [0.1, 0.15) is 18.5 Å². The number of aliphatic hydroxyl groups excluding tert-OH is 2. The lowest BCUT2D eigenvalue weighted by molar-refractivity contribution is -0.136. The highest BCUT2D eigenvalue weighted by atomic mass is 16.6. The monoisotopic (exact) mass is 414 g/mol. The molecule has 0 radical (unpaired) electrons. The molecular formula is C18H18N6O6. The molecule has 1 aromatic carbocycles. The van der Waals surface area contributed by atoms with Gasteiger partial charge in [-0.05, 0) is 5.56 Å². The number of aromatic nitrogens is 4. The van der Waals surface area contributed by atoms with Crippen molar-refractivity contribution >= 4 is 29.0 Å². The summed E-state index contributed by atoms with van der Waals surface area (Å²) < 4.78 is 6.79. The van der Waals surface area contributed by atoms with Crippen LogP contribution < -0.4 is 10.6 Å². The van der Waals surface area contributed by atoms with Crippen molar-refractivity contribution in [3.05, 3.63) is 48.5 Å². The van der Waals surface area contributed by atoms with E-state index >= 15 is 0 Å². The highest BCUT2D eigenvalue weighted by Crippen LogP contribution is 2.32. The van der Waals surface area contributed by atoms with Crippen molar-refractivity contribution in [2.75, 3.05) is 5.32 Å². The first-order chi connectivity index (χ1) is 14.5. The minimum atomic E-state index is -1.63. The molecule has 12 nitrogen and oxygen atoms in total. The van der Waals surface area contributed by atoms with E-state index in [1.165, 1.54) is 17.2 Å². The Balaban J connectivity index is 1.58. The van der Waals surface area contributed by atoms with E-state index in [9.17, 15) is 19.8 Å². The quantitative estimate of drug-likeness (QED) is 0.378. The highest BCUT2D eigenvalue weighted by Gasteiger charge is 2.48. The van der Waals surface area contributed by atoms with Crippen LogP contribution in [0.25, 0.3) is 11.2 Å². The molecule has 0 spiro atoms. The van der Waals surface area contributed by atoms with Crippen molar-refractivity contribution in [2.45, 2.75) is 31.1 Å². The number of anilines is 1. The van der Waals surface area contributed by atoms with Gasteiger partial charge in [0.15, 0.2) is 29.3 Å². The fraction of sp³-hybridized carbons (Fsp3) is 0.278. The van der Waals surface area contributed by atoms with Crippen molar-refractivity contribution in [2.24, 2.45) is 0 Å². The lowest BCUT2D eigenvalue weighted by atomic mass is 10.1. The number of rotatable bonds is 5. The summed E-state index contributed by atoms with van der Waals surface area (Å²) in [6, 6.07) is 9.66. The third-order valence-electron chi connectivity index (χ3n) is 4.66. The predicted octanol–water partition coefficient (Wildman–Crippen LogP) is -0.148. The Labute approximate surface area is 169 Å². The molecule has 1 fully saturated rings. The molecule has 0 saturated carbocycles. The molecular weight excluding hydrogens is 396 g/mol. The van der Waals surface area contributed by atoms with Crippen LogP contribution in [0.4, 0.5) is 10.6 Å². The average molecular weight is 414 g/mol. The van der Waals surface area contributed by atoms with E-state index < -0.39 is 36.5 Å². The zero-order chi connectivity index (χ0) is 21.3. The third kappa shape index (κ3) is 3.66. The van der Waals surface area contributed by atoms with Crippen LogP contribution in [0.1, 0.15) is 11.8 Å². The molecule has 0 aliphatic carbocycles. The molecule has 0 bridgehead atoms. The van der Waals surface area contributed by atoms with Crippen LogP contribution in [0.5, 0.6) is 0 Å². The van der Waals surface area contributed by atoms with Gasteiger partial charge in [-0.2, -0.15) is 0 Å². The molecule has 1 saturated heterocycles. The highest BCUT2D eigenvalue weighted by molar-refractivity contribution is 5.94. The summed E-state index contributed by atoms with van der Waals surface area (Å²) in [6.45, 7) is 0.499. The molecule has 2 amide bonds. The molecule has 0 unspecified atom stereocenters. The first kappa shape index (κ1) is 19.7. The second-order valence-corrected chi connectivity index (χ2v) is 6.61.